The first-order valence-electron chi connectivity index (χ1n) is 7.29. The van der Waals surface area contributed by atoms with E-state index in [0.29, 0.717) is 12.5 Å². The number of para-hydroxylation sites is 1. The average Bonchev–Trinajstić information content (AvgIpc) is 2.44. The highest BCUT2D eigenvalue weighted by Gasteiger charge is 2.19. The lowest BCUT2D eigenvalue weighted by molar-refractivity contribution is -0.119. The molecule has 0 heterocycles. The van der Waals surface area contributed by atoms with Gasteiger partial charge < -0.3 is 10.6 Å². The van der Waals surface area contributed by atoms with Gasteiger partial charge in [0.25, 0.3) is 0 Å². The number of carbonyl (C=O) groups excluding carboxylic acids is 1. The molecular formula is C16H25ClN2O. The molecule has 0 saturated heterocycles. The van der Waals surface area contributed by atoms with Crippen molar-refractivity contribution in [2.75, 3.05) is 18.4 Å². The third-order valence-corrected chi connectivity index (χ3v) is 3.86. The van der Waals surface area contributed by atoms with E-state index >= 15 is 0 Å². The molecule has 0 aliphatic heterocycles. The van der Waals surface area contributed by atoms with Gasteiger partial charge in [-0.3, -0.25) is 4.79 Å². The molecule has 1 fully saturated rings. The summed E-state index contributed by atoms with van der Waals surface area (Å²) in [6.07, 6.45) is 5.17. The van der Waals surface area contributed by atoms with Crippen molar-refractivity contribution in [3.05, 3.63) is 30.3 Å². The number of benzene rings is 1. The maximum absolute atomic E-state index is 11.8. The normalized spacial score (nSPS) is 21.6. The summed E-state index contributed by atoms with van der Waals surface area (Å²) in [6, 6.07) is 9.83. The van der Waals surface area contributed by atoms with Gasteiger partial charge in [-0.1, -0.05) is 38.0 Å². The Kier molecular flexibility index (Phi) is 7.45. The lowest BCUT2D eigenvalue weighted by atomic mass is 9.82. The molecule has 2 unspecified atom stereocenters. The number of amides is 1. The van der Waals surface area contributed by atoms with E-state index in [2.05, 4.69) is 17.6 Å². The lowest BCUT2D eigenvalue weighted by Gasteiger charge is -2.26. The third kappa shape index (κ3) is 5.83. The van der Waals surface area contributed by atoms with Crippen LogP contribution in [0, 0.1) is 11.8 Å². The van der Waals surface area contributed by atoms with E-state index in [9.17, 15) is 4.79 Å². The molecule has 112 valence electrons. The first-order chi connectivity index (χ1) is 9.24. The van der Waals surface area contributed by atoms with Crippen LogP contribution in [0.15, 0.2) is 30.3 Å². The number of hydrogen-bond acceptors (Lipinski definition) is 2. The first kappa shape index (κ1) is 16.8. The Morgan fingerprint density at radius 3 is 2.70 bits per heavy atom. The molecule has 4 heteroatoms. The molecule has 0 radical (unpaired) electrons. The number of anilines is 1. The second-order valence-corrected chi connectivity index (χ2v) is 5.66. The second-order valence-electron chi connectivity index (χ2n) is 5.66. The van der Waals surface area contributed by atoms with Gasteiger partial charge in [-0.15, -0.1) is 12.4 Å². The molecule has 0 bridgehead atoms. The summed E-state index contributed by atoms with van der Waals surface area (Å²) >= 11 is 0. The molecule has 2 N–H and O–H groups in total. The largest absolute Gasteiger partial charge is 0.376 e. The molecule has 0 aromatic heterocycles. The molecule has 1 aliphatic carbocycles. The fourth-order valence-corrected chi connectivity index (χ4v) is 2.80. The van der Waals surface area contributed by atoms with Crippen LogP contribution in [0.3, 0.4) is 0 Å². The maximum Gasteiger partial charge on any atom is 0.239 e. The number of hydrogen-bond donors (Lipinski definition) is 2. The van der Waals surface area contributed by atoms with E-state index in [4.69, 9.17) is 0 Å². The van der Waals surface area contributed by atoms with Gasteiger partial charge >= 0.3 is 0 Å². The second kappa shape index (κ2) is 8.85. The zero-order chi connectivity index (χ0) is 13.5. The molecule has 0 spiro atoms. The summed E-state index contributed by atoms with van der Waals surface area (Å²) in [4.78, 5) is 11.8. The predicted octanol–water partition coefficient (Wildman–Crippen LogP) is 3.46. The Balaban J connectivity index is 0.00000200. The summed E-state index contributed by atoms with van der Waals surface area (Å²) in [6.45, 7) is 3.50. The Morgan fingerprint density at radius 1 is 1.25 bits per heavy atom. The predicted molar refractivity (Wildman–Crippen MR) is 86.3 cm³/mol. The maximum atomic E-state index is 11.8. The van der Waals surface area contributed by atoms with Gasteiger partial charge in [-0.2, -0.15) is 0 Å². The van der Waals surface area contributed by atoms with Crippen LogP contribution in [-0.4, -0.2) is 19.0 Å². The van der Waals surface area contributed by atoms with Crippen molar-refractivity contribution in [3.8, 4) is 0 Å². The van der Waals surface area contributed by atoms with Gasteiger partial charge in [0.05, 0.1) is 6.54 Å². The molecule has 3 nitrogen and oxygen atoms in total. The zero-order valence-corrected chi connectivity index (χ0v) is 12.9. The van der Waals surface area contributed by atoms with Crippen molar-refractivity contribution in [2.24, 2.45) is 11.8 Å². The summed E-state index contributed by atoms with van der Waals surface area (Å²) in [5.74, 6) is 1.57. The van der Waals surface area contributed by atoms with Crippen molar-refractivity contribution in [2.45, 2.75) is 32.6 Å². The molecule has 1 amide bonds. The van der Waals surface area contributed by atoms with E-state index in [0.717, 1.165) is 18.2 Å². The molecule has 1 aromatic rings. The number of carbonyl (C=O) groups is 1. The number of nitrogens with one attached hydrogen (secondary N) is 2. The van der Waals surface area contributed by atoms with Crippen LogP contribution < -0.4 is 10.6 Å². The van der Waals surface area contributed by atoms with Crippen LogP contribution in [-0.2, 0) is 4.79 Å². The van der Waals surface area contributed by atoms with Crippen LogP contribution in [0.4, 0.5) is 5.69 Å². The highest BCUT2D eigenvalue weighted by molar-refractivity contribution is 5.85. The van der Waals surface area contributed by atoms with E-state index < -0.39 is 0 Å². The Bertz CT molecular complexity index is 397. The molecule has 1 saturated carbocycles. The highest BCUT2D eigenvalue weighted by Crippen LogP contribution is 2.27. The van der Waals surface area contributed by atoms with E-state index in [1.165, 1.54) is 25.7 Å². The van der Waals surface area contributed by atoms with Crippen LogP contribution in [0.25, 0.3) is 0 Å². The standard InChI is InChI=1S/C16H24N2O.ClH/c1-13-6-5-7-14(10-13)11-18-16(19)12-17-15-8-3-2-4-9-15;/h2-4,8-9,13-14,17H,5-7,10-12H2,1H3,(H,18,19);1H. The Morgan fingerprint density at radius 2 is 2.00 bits per heavy atom. The summed E-state index contributed by atoms with van der Waals surface area (Å²) < 4.78 is 0. The third-order valence-electron chi connectivity index (χ3n) is 3.86. The van der Waals surface area contributed by atoms with Gasteiger partial charge in [0.15, 0.2) is 0 Å². The minimum Gasteiger partial charge on any atom is -0.376 e. The van der Waals surface area contributed by atoms with Crippen LogP contribution in [0.1, 0.15) is 32.6 Å². The molecule has 2 atom stereocenters. The van der Waals surface area contributed by atoms with Crippen molar-refractivity contribution in [1.29, 1.82) is 0 Å². The number of rotatable bonds is 5. The summed E-state index contributed by atoms with van der Waals surface area (Å²) in [7, 11) is 0. The fraction of sp³-hybridized carbons (Fsp3) is 0.562. The minimum absolute atomic E-state index is 0. The van der Waals surface area contributed by atoms with Gasteiger partial charge in [0.1, 0.15) is 0 Å². The van der Waals surface area contributed by atoms with E-state index in [-0.39, 0.29) is 18.3 Å². The lowest BCUT2D eigenvalue weighted by Crippen LogP contribution is -2.35. The molecule has 1 aromatic carbocycles. The van der Waals surface area contributed by atoms with Gasteiger partial charge in [0.2, 0.25) is 5.91 Å². The molecule has 2 rings (SSSR count). The smallest absolute Gasteiger partial charge is 0.239 e. The van der Waals surface area contributed by atoms with Gasteiger partial charge in [-0.05, 0) is 36.8 Å². The topological polar surface area (TPSA) is 41.1 Å². The van der Waals surface area contributed by atoms with Crippen molar-refractivity contribution >= 4 is 24.0 Å². The molecular weight excluding hydrogens is 272 g/mol. The summed E-state index contributed by atoms with van der Waals surface area (Å²) in [5.41, 5.74) is 0.990. The minimum atomic E-state index is 0. The van der Waals surface area contributed by atoms with Crippen molar-refractivity contribution in [1.82, 2.24) is 5.32 Å². The Labute approximate surface area is 127 Å². The van der Waals surface area contributed by atoms with Gasteiger partial charge in [-0.25, -0.2) is 0 Å². The van der Waals surface area contributed by atoms with Crippen molar-refractivity contribution in [3.63, 3.8) is 0 Å². The molecule has 1 aliphatic rings. The number of halogens is 1. The van der Waals surface area contributed by atoms with Crippen LogP contribution >= 0.6 is 12.4 Å². The average molecular weight is 297 g/mol. The Hall–Kier alpha value is -1.22. The van der Waals surface area contributed by atoms with E-state index in [1.807, 2.05) is 30.3 Å². The summed E-state index contributed by atoms with van der Waals surface area (Å²) in [5, 5.41) is 6.17. The zero-order valence-electron chi connectivity index (χ0n) is 12.1. The highest BCUT2D eigenvalue weighted by atomic mass is 35.5. The molecule has 20 heavy (non-hydrogen) atoms. The SMILES string of the molecule is CC1CCCC(CNC(=O)CNc2ccccc2)C1.Cl. The quantitative estimate of drug-likeness (QED) is 0.873. The van der Waals surface area contributed by atoms with Crippen LogP contribution in [0.2, 0.25) is 0 Å². The monoisotopic (exact) mass is 296 g/mol. The van der Waals surface area contributed by atoms with Crippen molar-refractivity contribution < 1.29 is 4.79 Å². The van der Waals surface area contributed by atoms with Crippen LogP contribution in [0.5, 0.6) is 0 Å². The van der Waals surface area contributed by atoms with E-state index in [1.54, 1.807) is 0 Å². The first-order valence-corrected chi connectivity index (χ1v) is 7.29. The van der Waals surface area contributed by atoms with Gasteiger partial charge in [0, 0.05) is 12.2 Å². The fourth-order valence-electron chi connectivity index (χ4n) is 2.80.